The second-order valence-electron chi connectivity index (χ2n) is 5.30. The van der Waals surface area contributed by atoms with Crippen molar-refractivity contribution < 1.29 is 8.42 Å². The highest BCUT2D eigenvalue weighted by molar-refractivity contribution is 7.89. The highest BCUT2D eigenvalue weighted by atomic mass is 35.5. The van der Waals surface area contributed by atoms with Gasteiger partial charge in [0.2, 0.25) is 5.03 Å². The largest absolute Gasteiger partial charge is 0.324 e. The van der Waals surface area contributed by atoms with E-state index in [-0.39, 0.29) is 16.2 Å². The number of aromatic nitrogens is 2. The summed E-state index contributed by atoms with van der Waals surface area (Å²) in [5, 5.41) is 0.0225. The third kappa shape index (κ3) is 4.78. The van der Waals surface area contributed by atoms with Gasteiger partial charge >= 0.3 is 0 Å². The second kappa shape index (κ2) is 6.72. The van der Waals surface area contributed by atoms with Crippen LogP contribution >= 0.6 is 11.6 Å². The summed E-state index contributed by atoms with van der Waals surface area (Å²) in [5.41, 5.74) is 0. The van der Waals surface area contributed by atoms with Crippen molar-refractivity contribution in [3.63, 3.8) is 0 Å². The molecule has 1 aromatic rings. The zero-order valence-corrected chi connectivity index (χ0v) is 13.4. The maximum Gasteiger partial charge on any atom is 0.261 e. The van der Waals surface area contributed by atoms with Crippen LogP contribution in [0.15, 0.2) is 11.4 Å². The first-order chi connectivity index (χ1) is 8.74. The minimum atomic E-state index is -3.63. The monoisotopic (exact) mass is 307 g/mol. The molecule has 1 unspecified atom stereocenters. The Balaban J connectivity index is 2.62. The normalized spacial score (nSPS) is 14.0. The van der Waals surface area contributed by atoms with E-state index >= 15 is 0 Å². The maximum atomic E-state index is 12.1. The van der Waals surface area contributed by atoms with Crippen molar-refractivity contribution in [2.75, 3.05) is 0 Å². The number of aryl methyl sites for hydroxylation is 1. The Kier molecular flexibility index (Phi) is 5.82. The average molecular weight is 308 g/mol. The van der Waals surface area contributed by atoms with Crippen LogP contribution in [0.25, 0.3) is 0 Å². The van der Waals surface area contributed by atoms with Crippen molar-refractivity contribution in [2.45, 2.75) is 51.1 Å². The molecule has 1 heterocycles. The first-order valence-electron chi connectivity index (χ1n) is 6.43. The summed E-state index contributed by atoms with van der Waals surface area (Å²) >= 11 is 5.90. The SMILES string of the molecule is CC(C)CCCC(C)NS(=O)(=O)c1ncn(C)c1Cl. The molecule has 0 spiro atoms. The Morgan fingerprint density at radius 2 is 2.00 bits per heavy atom. The molecule has 110 valence electrons. The molecule has 19 heavy (non-hydrogen) atoms. The fraction of sp³-hybridized carbons (Fsp3) is 0.750. The van der Waals surface area contributed by atoms with Crippen molar-refractivity contribution in [3.05, 3.63) is 11.5 Å². The number of imidazole rings is 1. The molecular weight excluding hydrogens is 286 g/mol. The fourth-order valence-corrected chi connectivity index (χ4v) is 3.49. The van der Waals surface area contributed by atoms with Crippen LogP contribution < -0.4 is 4.72 Å². The van der Waals surface area contributed by atoms with Crippen LogP contribution in [-0.2, 0) is 17.1 Å². The summed E-state index contributed by atoms with van der Waals surface area (Å²) in [6.45, 7) is 6.17. The van der Waals surface area contributed by atoms with E-state index in [4.69, 9.17) is 11.6 Å². The molecule has 0 fully saturated rings. The van der Waals surface area contributed by atoms with Gasteiger partial charge in [-0.2, -0.15) is 0 Å². The molecule has 0 aliphatic heterocycles. The summed E-state index contributed by atoms with van der Waals surface area (Å²) in [6, 6.07) is -0.123. The van der Waals surface area contributed by atoms with Gasteiger partial charge in [-0.15, -0.1) is 0 Å². The predicted octanol–water partition coefficient (Wildman–Crippen LogP) is 2.57. The summed E-state index contributed by atoms with van der Waals surface area (Å²) < 4.78 is 28.3. The van der Waals surface area contributed by atoms with Crippen molar-refractivity contribution in [3.8, 4) is 0 Å². The smallest absolute Gasteiger partial charge is 0.261 e. The van der Waals surface area contributed by atoms with Crippen LogP contribution in [-0.4, -0.2) is 24.0 Å². The van der Waals surface area contributed by atoms with Crippen molar-refractivity contribution in [2.24, 2.45) is 13.0 Å². The molecule has 1 rings (SSSR count). The van der Waals surface area contributed by atoms with Crippen LogP contribution in [0.5, 0.6) is 0 Å². The van der Waals surface area contributed by atoms with Gasteiger partial charge in [0.15, 0.2) is 0 Å². The number of sulfonamides is 1. The molecule has 0 amide bonds. The molecule has 0 bridgehead atoms. The Bertz CT molecular complexity index is 511. The molecule has 0 saturated carbocycles. The van der Waals surface area contributed by atoms with Gasteiger partial charge in [-0.25, -0.2) is 18.1 Å². The van der Waals surface area contributed by atoms with E-state index < -0.39 is 10.0 Å². The lowest BCUT2D eigenvalue weighted by Gasteiger charge is -2.14. The molecule has 0 aliphatic carbocycles. The number of nitrogens with zero attached hydrogens (tertiary/aromatic N) is 2. The van der Waals surface area contributed by atoms with E-state index in [1.807, 2.05) is 6.92 Å². The van der Waals surface area contributed by atoms with Gasteiger partial charge < -0.3 is 4.57 Å². The third-order valence-electron chi connectivity index (χ3n) is 2.86. The zero-order chi connectivity index (χ0) is 14.6. The highest BCUT2D eigenvalue weighted by Crippen LogP contribution is 2.19. The molecule has 0 saturated heterocycles. The fourth-order valence-electron chi connectivity index (χ4n) is 1.79. The van der Waals surface area contributed by atoms with Crippen LogP contribution in [0.4, 0.5) is 0 Å². The Labute approximate surface area is 120 Å². The van der Waals surface area contributed by atoms with Crippen LogP contribution in [0, 0.1) is 5.92 Å². The highest BCUT2D eigenvalue weighted by Gasteiger charge is 2.23. The summed E-state index contributed by atoms with van der Waals surface area (Å²) in [6.07, 6.45) is 4.29. The first kappa shape index (κ1) is 16.5. The van der Waals surface area contributed by atoms with E-state index in [1.54, 1.807) is 7.05 Å². The molecule has 0 aliphatic rings. The molecule has 1 atom stereocenters. The lowest BCUT2D eigenvalue weighted by Crippen LogP contribution is -2.33. The van der Waals surface area contributed by atoms with Crippen LogP contribution in [0.2, 0.25) is 5.15 Å². The van der Waals surface area contributed by atoms with Crippen molar-refractivity contribution >= 4 is 21.6 Å². The minimum absolute atomic E-state index is 0.104. The van der Waals surface area contributed by atoms with E-state index in [1.165, 1.54) is 10.9 Å². The Morgan fingerprint density at radius 3 is 2.47 bits per heavy atom. The van der Waals surface area contributed by atoms with Gasteiger partial charge in [-0.1, -0.05) is 38.3 Å². The molecule has 1 N–H and O–H groups in total. The number of halogens is 1. The maximum absolute atomic E-state index is 12.1. The lowest BCUT2D eigenvalue weighted by molar-refractivity contribution is 0.487. The van der Waals surface area contributed by atoms with E-state index in [0.717, 1.165) is 19.3 Å². The summed E-state index contributed by atoms with van der Waals surface area (Å²) in [4.78, 5) is 3.83. The topological polar surface area (TPSA) is 64.0 Å². The van der Waals surface area contributed by atoms with E-state index in [2.05, 4.69) is 23.6 Å². The lowest BCUT2D eigenvalue weighted by atomic mass is 10.0. The van der Waals surface area contributed by atoms with Crippen molar-refractivity contribution in [1.29, 1.82) is 0 Å². The van der Waals surface area contributed by atoms with Gasteiger partial charge in [0, 0.05) is 13.1 Å². The Hall–Kier alpha value is -0.590. The standard InChI is InChI=1S/C12H22ClN3O2S/c1-9(2)6-5-7-10(3)15-19(17,18)12-11(13)16(4)8-14-12/h8-10,15H,5-7H2,1-4H3. The average Bonchev–Trinajstić information content (AvgIpc) is 2.58. The second-order valence-corrected chi connectivity index (χ2v) is 7.29. The number of rotatable bonds is 7. The van der Waals surface area contributed by atoms with Gasteiger partial charge in [0.05, 0.1) is 6.33 Å². The third-order valence-corrected chi connectivity index (χ3v) is 4.94. The van der Waals surface area contributed by atoms with Gasteiger partial charge in [0.1, 0.15) is 5.15 Å². The summed E-state index contributed by atoms with van der Waals surface area (Å²) in [7, 11) is -1.98. The predicted molar refractivity (Wildman–Crippen MR) is 76.7 cm³/mol. The van der Waals surface area contributed by atoms with E-state index in [0.29, 0.717) is 5.92 Å². The van der Waals surface area contributed by atoms with Crippen molar-refractivity contribution in [1.82, 2.24) is 14.3 Å². The quantitative estimate of drug-likeness (QED) is 0.842. The molecule has 0 radical (unpaired) electrons. The minimum Gasteiger partial charge on any atom is -0.324 e. The van der Waals surface area contributed by atoms with Crippen LogP contribution in [0.1, 0.15) is 40.0 Å². The van der Waals surface area contributed by atoms with Gasteiger partial charge in [-0.3, -0.25) is 0 Å². The van der Waals surface area contributed by atoms with Crippen LogP contribution in [0.3, 0.4) is 0 Å². The number of hydrogen-bond acceptors (Lipinski definition) is 3. The number of nitrogens with one attached hydrogen (secondary N) is 1. The molecule has 7 heteroatoms. The molecular formula is C12H22ClN3O2S. The first-order valence-corrected chi connectivity index (χ1v) is 8.29. The molecule has 1 aromatic heterocycles. The van der Waals surface area contributed by atoms with Gasteiger partial charge in [-0.05, 0) is 19.3 Å². The zero-order valence-electron chi connectivity index (χ0n) is 11.9. The molecule has 5 nitrogen and oxygen atoms in total. The summed E-state index contributed by atoms with van der Waals surface area (Å²) in [5.74, 6) is 0.633. The van der Waals surface area contributed by atoms with Gasteiger partial charge in [0.25, 0.3) is 10.0 Å². The van der Waals surface area contributed by atoms with E-state index in [9.17, 15) is 8.42 Å². The Morgan fingerprint density at radius 1 is 1.37 bits per heavy atom. The number of hydrogen-bond donors (Lipinski definition) is 1. The molecule has 0 aromatic carbocycles.